The van der Waals surface area contributed by atoms with Crippen LogP contribution in [0.5, 0.6) is 0 Å². The number of hydrogen-bond acceptors (Lipinski definition) is 3. The smallest absolute Gasteiger partial charge is 0.0590 e. The summed E-state index contributed by atoms with van der Waals surface area (Å²) in [6.07, 6.45) is 1.12. The van der Waals surface area contributed by atoms with E-state index in [0.717, 1.165) is 26.2 Å². The fourth-order valence-corrected chi connectivity index (χ4v) is 2.51. The average Bonchev–Trinajstić information content (AvgIpc) is 2.59. The molecule has 0 aliphatic rings. The van der Waals surface area contributed by atoms with Crippen molar-refractivity contribution in [1.82, 2.24) is 5.32 Å². The molecule has 0 saturated heterocycles. The van der Waals surface area contributed by atoms with Crippen molar-refractivity contribution in [1.29, 1.82) is 0 Å². The number of ether oxygens (including phenoxy) is 1. The molecule has 3 heteroatoms. The molecule has 1 atom stereocenters. The monoisotopic (exact) mass is 227 g/mol. The summed E-state index contributed by atoms with van der Waals surface area (Å²) in [4.78, 5) is 2.86. The molecule has 1 rings (SSSR count). The quantitative estimate of drug-likeness (QED) is 0.723. The number of aryl methyl sites for hydroxylation is 1. The Balaban J connectivity index is 2.15. The number of thiophene rings is 1. The second-order valence-corrected chi connectivity index (χ2v) is 5.14. The molecule has 1 N–H and O–H groups in total. The molecule has 0 radical (unpaired) electrons. The second-order valence-electron chi connectivity index (χ2n) is 3.77. The lowest BCUT2D eigenvalue weighted by atomic mass is 10.2. The topological polar surface area (TPSA) is 21.3 Å². The summed E-state index contributed by atoms with van der Waals surface area (Å²) in [6.45, 7) is 8.96. The van der Waals surface area contributed by atoms with Gasteiger partial charge in [-0.1, -0.05) is 0 Å². The van der Waals surface area contributed by atoms with Crippen LogP contribution >= 0.6 is 11.3 Å². The van der Waals surface area contributed by atoms with E-state index in [1.165, 1.54) is 9.75 Å². The zero-order chi connectivity index (χ0) is 11.1. The van der Waals surface area contributed by atoms with E-state index in [1.54, 1.807) is 0 Å². The largest absolute Gasteiger partial charge is 0.380 e. The van der Waals surface area contributed by atoms with Crippen LogP contribution in [0, 0.1) is 6.92 Å². The van der Waals surface area contributed by atoms with Crippen LogP contribution in [-0.4, -0.2) is 25.8 Å². The molecule has 1 aromatic rings. The molecule has 1 heterocycles. The zero-order valence-electron chi connectivity index (χ0n) is 9.88. The predicted molar refractivity (Wildman–Crippen MR) is 66.7 cm³/mol. The van der Waals surface area contributed by atoms with Gasteiger partial charge in [-0.2, -0.15) is 0 Å². The Hall–Kier alpha value is -0.380. The lowest BCUT2D eigenvalue weighted by Gasteiger charge is -2.12. The summed E-state index contributed by atoms with van der Waals surface area (Å²) in [5, 5.41) is 3.46. The van der Waals surface area contributed by atoms with Crippen molar-refractivity contribution >= 4 is 11.3 Å². The molecule has 86 valence electrons. The van der Waals surface area contributed by atoms with Gasteiger partial charge < -0.3 is 10.1 Å². The summed E-state index contributed by atoms with van der Waals surface area (Å²) in [7, 11) is 0. The zero-order valence-corrected chi connectivity index (χ0v) is 10.7. The number of nitrogens with one attached hydrogen (secondary N) is 1. The van der Waals surface area contributed by atoms with Gasteiger partial charge in [-0.05, 0) is 39.3 Å². The van der Waals surface area contributed by atoms with Gasteiger partial charge in [0, 0.05) is 28.9 Å². The van der Waals surface area contributed by atoms with E-state index in [9.17, 15) is 0 Å². The fraction of sp³-hybridized carbons (Fsp3) is 0.667. The predicted octanol–water partition coefficient (Wildman–Crippen LogP) is 2.61. The molecule has 0 aliphatic heterocycles. The SMILES string of the molecule is CCOCCNC(C)Cc1ccc(C)s1. The highest BCUT2D eigenvalue weighted by molar-refractivity contribution is 7.11. The van der Waals surface area contributed by atoms with Gasteiger partial charge in [0.1, 0.15) is 0 Å². The van der Waals surface area contributed by atoms with Crippen molar-refractivity contribution in [3.05, 3.63) is 21.9 Å². The fourth-order valence-electron chi connectivity index (χ4n) is 1.49. The van der Waals surface area contributed by atoms with Crippen LogP contribution in [0.4, 0.5) is 0 Å². The van der Waals surface area contributed by atoms with Crippen LogP contribution in [0.3, 0.4) is 0 Å². The van der Waals surface area contributed by atoms with Crippen molar-refractivity contribution in [2.75, 3.05) is 19.8 Å². The summed E-state index contributed by atoms with van der Waals surface area (Å²) in [6, 6.07) is 4.94. The maximum atomic E-state index is 5.28. The minimum Gasteiger partial charge on any atom is -0.380 e. The maximum Gasteiger partial charge on any atom is 0.0590 e. The first-order valence-corrected chi connectivity index (χ1v) is 6.40. The first kappa shape index (κ1) is 12.7. The van der Waals surface area contributed by atoms with E-state index in [0.29, 0.717) is 6.04 Å². The molecule has 1 aromatic heterocycles. The van der Waals surface area contributed by atoms with Crippen LogP contribution in [0.1, 0.15) is 23.6 Å². The molecule has 0 spiro atoms. The third kappa shape index (κ3) is 5.30. The van der Waals surface area contributed by atoms with Gasteiger partial charge in [0.25, 0.3) is 0 Å². The normalized spacial score (nSPS) is 13.0. The molecule has 0 aliphatic carbocycles. The molecule has 0 amide bonds. The minimum atomic E-state index is 0.531. The van der Waals surface area contributed by atoms with Crippen LogP contribution in [0.15, 0.2) is 12.1 Å². The molecular formula is C12H21NOS. The Morgan fingerprint density at radius 1 is 1.47 bits per heavy atom. The van der Waals surface area contributed by atoms with Crippen molar-refractivity contribution < 1.29 is 4.74 Å². The average molecular weight is 227 g/mol. The van der Waals surface area contributed by atoms with E-state index in [4.69, 9.17) is 4.74 Å². The Kier molecular flexibility index (Phi) is 5.91. The lowest BCUT2D eigenvalue weighted by molar-refractivity contribution is 0.147. The molecule has 0 aromatic carbocycles. The van der Waals surface area contributed by atoms with E-state index < -0.39 is 0 Å². The van der Waals surface area contributed by atoms with Gasteiger partial charge in [0.2, 0.25) is 0 Å². The lowest BCUT2D eigenvalue weighted by Crippen LogP contribution is -2.30. The molecule has 0 bridgehead atoms. The molecular weight excluding hydrogens is 206 g/mol. The summed E-state index contributed by atoms with van der Waals surface area (Å²) in [5.74, 6) is 0. The standard InChI is InChI=1S/C12H21NOS/c1-4-14-8-7-13-10(2)9-12-6-5-11(3)15-12/h5-6,10,13H,4,7-9H2,1-3H3. The van der Waals surface area contributed by atoms with Crippen molar-refractivity contribution in [2.45, 2.75) is 33.2 Å². The summed E-state index contributed by atoms with van der Waals surface area (Å²) >= 11 is 1.89. The molecule has 1 unspecified atom stereocenters. The maximum absolute atomic E-state index is 5.28. The van der Waals surface area contributed by atoms with Gasteiger partial charge in [-0.3, -0.25) is 0 Å². The minimum absolute atomic E-state index is 0.531. The van der Waals surface area contributed by atoms with Gasteiger partial charge in [-0.25, -0.2) is 0 Å². The highest BCUT2D eigenvalue weighted by Gasteiger charge is 2.04. The molecule has 0 saturated carbocycles. The highest BCUT2D eigenvalue weighted by Crippen LogP contribution is 2.16. The molecule has 0 fully saturated rings. The van der Waals surface area contributed by atoms with Gasteiger partial charge in [-0.15, -0.1) is 11.3 Å². The first-order chi connectivity index (χ1) is 7.22. The van der Waals surface area contributed by atoms with E-state index in [2.05, 4.69) is 31.3 Å². The Labute approximate surface area is 96.7 Å². The van der Waals surface area contributed by atoms with Crippen molar-refractivity contribution in [3.8, 4) is 0 Å². The van der Waals surface area contributed by atoms with E-state index in [1.807, 2.05) is 18.3 Å². The van der Waals surface area contributed by atoms with Gasteiger partial charge in [0.05, 0.1) is 6.61 Å². The van der Waals surface area contributed by atoms with Crippen LogP contribution < -0.4 is 5.32 Å². The van der Waals surface area contributed by atoms with Gasteiger partial charge >= 0.3 is 0 Å². The highest BCUT2D eigenvalue weighted by atomic mass is 32.1. The van der Waals surface area contributed by atoms with E-state index in [-0.39, 0.29) is 0 Å². The van der Waals surface area contributed by atoms with Crippen LogP contribution in [-0.2, 0) is 11.2 Å². The molecule has 15 heavy (non-hydrogen) atoms. The van der Waals surface area contributed by atoms with Crippen LogP contribution in [0.2, 0.25) is 0 Å². The third-order valence-electron chi connectivity index (χ3n) is 2.25. The number of hydrogen-bond donors (Lipinski definition) is 1. The van der Waals surface area contributed by atoms with Crippen LogP contribution in [0.25, 0.3) is 0 Å². The van der Waals surface area contributed by atoms with E-state index >= 15 is 0 Å². The number of rotatable bonds is 7. The van der Waals surface area contributed by atoms with Crippen molar-refractivity contribution in [2.24, 2.45) is 0 Å². The molecule has 2 nitrogen and oxygen atoms in total. The Morgan fingerprint density at radius 3 is 2.87 bits per heavy atom. The third-order valence-corrected chi connectivity index (χ3v) is 3.27. The summed E-state index contributed by atoms with van der Waals surface area (Å²) < 4.78 is 5.28. The Bertz CT molecular complexity index is 272. The van der Waals surface area contributed by atoms with Gasteiger partial charge in [0.15, 0.2) is 0 Å². The van der Waals surface area contributed by atoms with Crippen molar-refractivity contribution in [3.63, 3.8) is 0 Å². The Morgan fingerprint density at radius 2 is 2.27 bits per heavy atom. The second kappa shape index (κ2) is 6.99. The first-order valence-electron chi connectivity index (χ1n) is 5.58. The summed E-state index contributed by atoms with van der Waals surface area (Å²) in [5.41, 5.74) is 0.